The van der Waals surface area contributed by atoms with Crippen molar-refractivity contribution >= 4 is 38.5 Å². The summed E-state index contributed by atoms with van der Waals surface area (Å²) >= 11 is 3.50. The Bertz CT molecular complexity index is 714. The number of nitrogens with zero attached hydrogens (tertiary/aromatic N) is 1. The molecule has 0 bridgehead atoms. The monoisotopic (exact) mass is 377 g/mol. The fourth-order valence-electron chi connectivity index (χ4n) is 2.85. The first-order chi connectivity index (χ1) is 11.2. The van der Waals surface area contributed by atoms with Gasteiger partial charge in [-0.1, -0.05) is 15.9 Å². The first kappa shape index (κ1) is 16.2. The number of carbonyl (C=O) groups excluding carboxylic acids is 1. The number of esters is 1. The molecule has 0 saturated carbocycles. The smallest absolute Gasteiger partial charge is 0.341 e. The van der Waals surface area contributed by atoms with Gasteiger partial charge in [-0.15, -0.1) is 0 Å². The summed E-state index contributed by atoms with van der Waals surface area (Å²) in [5.41, 5.74) is 2.18. The van der Waals surface area contributed by atoms with E-state index in [1.54, 1.807) is 6.20 Å². The van der Waals surface area contributed by atoms with Gasteiger partial charge in [-0.2, -0.15) is 0 Å². The van der Waals surface area contributed by atoms with Crippen molar-refractivity contribution in [1.82, 2.24) is 10.3 Å². The molecule has 0 atom stereocenters. The van der Waals surface area contributed by atoms with Gasteiger partial charge in [0.2, 0.25) is 0 Å². The summed E-state index contributed by atoms with van der Waals surface area (Å²) in [5, 5.41) is 7.84. The van der Waals surface area contributed by atoms with Gasteiger partial charge < -0.3 is 15.4 Å². The minimum atomic E-state index is -0.335. The van der Waals surface area contributed by atoms with Crippen molar-refractivity contribution in [3.63, 3.8) is 0 Å². The number of rotatable bonds is 4. The Labute approximate surface area is 143 Å². The number of ether oxygens (including phenoxy) is 1. The Morgan fingerprint density at radius 2 is 2.22 bits per heavy atom. The summed E-state index contributed by atoms with van der Waals surface area (Å²) < 4.78 is 6.15. The number of halogens is 1. The lowest BCUT2D eigenvalue weighted by Gasteiger charge is -2.26. The number of piperidine rings is 1. The lowest BCUT2D eigenvalue weighted by Crippen LogP contribution is -2.35. The lowest BCUT2D eigenvalue weighted by atomic mass is 10.0. The van der Waals surface area contributed by atoms with E-state index in [2.05, 4.69) is 31.5 Å². The van der Waals surface area contributed by atoms with Gasteiger partial charge >= 0.3 is 5.97 Å². The van der Waals surface area contributed by atoms with Crippen molar-refractivity contribution in [3.8, 4) is 0 Å². The van der Waals surface area contributed by atoms with Gasteiger partial charge in [0.1, 0.15) is 5.56 Å². The first-order valence-corrected chi connectivity index (χ1v) is 8.71. The third kappa shape index (κ3) is 3.64. The van der Waals surface area contributed by atoms with Gasteiger partial charge in [-0.3, -0.25) is 4.98 Å². The highest BCUT2D eigenvalue weighted by Crippen LogP contribution is 2.30. The summed E-state index contributed by atoms with van der Waals surface area (Å²) in [5.74, 6) is -0.335. The maximum absolute atomic E-state index is 12.3. The Balaban J connectivity index is 2.06. The number of aromatic nitrogens is 1. The van der Waals surface area contributed by atoms with E-state index in [0.717, 1.165) is 47.0 Å². The third-order valence-corrected chi connectivity index (χ3v) is 4.51. The number of nitrogens with one attached hydrogen (secondary N) is 2. The molecule has 0 aliphatic carbocycles. The Kier molecular flexibility index (Phi) is 5.13. The van der Waals surface area contributed by atoms with E-state index in [0.29, 0.717) is 18.2 Å². The minimum Gasteiger partial charge on any atom is -0.462 e. The van der Waals surface area contributed by atoms with E-state index in [-0.39, 0.29) is 5.97 Å². The third-order valence-electron chi connectivity index (χ3n) is 4.01. The zero-order valence-electron chi connectivity index (χ0n) is 13.1. The average Bonchev–Trinajstić information content (AvgIpc) is 2.56. The van der Waals surface area contributed by atoms with Crippen molar-refractivity contribution in [2.24, 2.45) is 0 Å². The number of hydrogen-bond acceptors (Lipinski definition) is 5. The van der Waals surface area contributed by atoms with Crippen molar-refractivity contribution in [1.29, 1.82) is 0 Å². The molecule has 1 aliphatic rings. The molecule has 1 saturated heterocycles. The molecule has 5 nitrogen and oxygen atoms in total. The molecular weight excluding hydrogens is 358 g/mol. The molecule has 0 spiro atoms. The molecule has 0 unspecified atom stereocenters. The van der Waals surface area contributed by atoms with Crippen LogP contribution < -0.4 is 10.6 Å². The molecule has 2 aromatic rings. The number of carbonyl (C=O) groups is 1. The number of hydrogen-bond donors (Lipinski definition) is 2. The molecule has 122 valence electrons. The summed E-state index contributed by atoms with van der Waals surface area (Å²) in [4.78, 5) is 16.7. The van der Waals surface area contributed by atoms with Crippen LogP contribution >= 0.6 is 15.9 Å². The SMILES string of the molecule is CCOC(=O)c1cnc2ccc(Br)cc2c1NC1CCNCC1. The van der Waals surface area contributed by atoms with Gasteiger partial charge in [0.15, 0.2) is 0 Å². The van der Waals surface area contributed by atoms with Crippen LogP contribution in [0.4, 0.5) is 5.69 Å². The summed E-state index contributed by atoms with van der Waals surface area (Å²) in [7, 11) is 0. The highest BCUT2D eigenvalue weighted by molar-refractivity contribution is 9.10. The van der Waals surface area contributed by atoms with Crippen LogP contribution in [-0.2, 0) is 4.74 Å². The van der Waals surface area contributed by atoms with Crippen molar-refractivity contribution in [2.45, 2.75) is 25.8 Å². The molecule has 6 heteroatoms. The largest absolute Gasteiger partial charge is 0.462 e. The van der Waals surface area contributed by atoms with Gasteiger partial charge in [-0.05, 0) is 51.1 Å². The van der Waals surface area contributed by atoms with Crippen molar-refractivity contribution < 1.29 is 9.53 Å². The second kappa shape index (κ2) is 7.27. The molecule has 1 aliphatic heterocycles. The summed E-state index contributed by atoms with van der Waals surface area (Å²) in [6, 6.07) is 6.23. The Morgan fingerprint density at radius 3 is 2.96 bits per heavy atom. The molecule has 1 fully saturated rings. The standard InChI is InChI=1S/C17H20BrN3O2/c1-2-23-17(22)14-10-20-15-4-3-11(18)9-13(15)16(14)21-12-5-7-19-8-6-12/h3-4,9-10,12,19H,2,5-8H2,1H3,(H,20,21). The van der Waals surface area contributed by atoms with Crippen LogP contribution in [0.2, 0.25) is 0 Å². The number of fused-ring (bicyclic) bond motifs is 1. The van der Waals surface area contributed by atoms with Crippen LogP contribution in [-0.4, -0.2) is 36.7 Å². The maximum Gasteiger partial charge on any atom is 0.341 e. The molecule has 0 amide bonds. The molecule has 0 radical (unpaired) electrons. The summed E-state index contributed by atoms with van der Waals surface area (Å²) in [6.07, 6.45) is 3.66. The van der Waals surface area contributed by atoms with Gasteiger partial charge in [0.25, 0.3) is 0 Å². The highest BCUT2D eigenvalue weighted by Gasteiger charge is 2.20. The fourth-order valence-corrected chi connectivity index (χ4v) is 3.22. The topological polar surface area (TPSA) is 63.2 Å². The average molecular weight is 378 g/mol. The van der Waals surface area contributed by atoms with E-state index in [4.69, 9.17) is 4.74 Å². The van der Waals surface area contributed by atoms with Crippen molar-refractivity contribution in [3.05, 3.63) is 34.4 Å². The van der Waals surface area contributed by atoms with E-state index >= 15 is 0 Å². The van der Waals surface area contributed by atoms with Crippen LogP contribution in [0.25, 0.3) is 10.9 Å². The summed E-state index contributed by atoms with van der Waals surface area (Å²) in [6.45, 7) is 4.13. The first-order valence-electron chi connectivity index (χ1n) is 7.91. The quantitative estimate of drug-likeness (QED) is 0.800. The Morgan fingerprint density at radius 1 is 1.43 bits per heavy atom. The lowest BCUT2D eigenvalue weighted by molar-refractivity contribution is 0.0527. The fraction of sp³-hybridized carbons (Fsp3) is 0.412. The van der Waals surface area contributed by atoms with E-state index in [9.17, 15) is 4.79 Å². The molecule has 3 rings (SSSR count). The normalized spacial score (nSPS) is 15.6. The molecule has 2 heterocycles. The van der Waals surface area contributed by atoms with E-state index < -0.39 is 0 Å². The second-order valence-electron chi connectivity index (χ2n) is 5.60. The Hall–Kier alpha value is -1.66. The van der Waals surface area contributed by atoms with E-state index in [1.807, 2.05) is 25.1 Å². The number of benzene rings is 1. The predicted octanol–water partition coefficient (Wildman–Crippen LogP) is 3.34. The number of pyridine rings is 1. The molecular formula is C17H20BrN3O2. The molecule has 1 aromatic heterocycles. The van der Waals surface area contributed by atoms with Crippen LogP contribution in [0.1, 0.15) is 30.1 Å². The maximum atomic E-state index is 12.3. The molecule has 2 N–H and O–H groups in total. The van der Waals surface area contributed by atoms with Gasteiger partial charge in [0, 0.05) is 22.1 Å². The van der Waals surface area contributed by atoms with Crippen LogP contribution in [0.15, 0.2) is 28.9 Å². The minimum absolute atomic E-state index is 0.335. The van der Waals surface area contributed by atoms with Crippen molar-refractivity contribution in [2.75, 3.05) is 25.0 Å². The highest BCUT2D eigenvalue weighted by atomic mass is 79.9. The van der Waals surface area contributed by atoms with Gasteiger partial charge in [0.05, 0.1) is 17.8 Å². The molecule has 1 aromatic carbocycles. The zero-order chi connectivity index (χ0) is 16.2. The van der Waals surface area contributed by atoms with E-state index in [1.165, 1.54) is 0 Å². The molecule has 23 heavy (non-hydrogen) atoms. The van der Waals surface area contributed by atoms with Crippen LogP contribution in [0.5, 0.6) is 0 Å². The van der Waals surface area contributed by atoms with Crippen LogP contribution in [0.3, 0.4) is 0 Å². The van der Waals surface area contributed by atoms with Gasteiger partial charge in [-0.25, -0.2) is 4.79 Å². The van der Waals surface area contributed by atoms with Crippen LogP contribution in [0, 0.1) is 0 Å². The predicted molar refractivity (Wildman–Crippen MR) is 94.9 cm³/mol. The second-order valence-corrected chi connectivity index (χ2v) is 6.51. The zero-order valence-corrected chi connectivity index (χ0v) is 14.6. The number of anilines is 1.